The predicted molar refractivity (Wildman–Crippen MR) is 92.3 cm³/mol. The first-order valence-corrected chi connectivity index (χ1v) is 8.79. The zero-order chi connectivity index (χ0) is 17.3. The third-order valence-electron chi connectivity index (χ3n) is 3.42. The van der Waals surface area contributed by atoms with Gasteiger partial charge in [-0.05, 0) is 24.6 Å². The summed E-state index contributed by atoms with van der Waals surface area (Å²) in [6.07, 6.45) is 0. The van der Waals surface area contributed by atoms with Gasteiger partial charge in [-0.15, -0.1) is 23.1 Å². The third-order valence-corrected chi connectivity index (χ3v) is 5.65. The van der Waals surface area contributed by atoms with Crippen LogP contribution < -0.4 is 5.56 Å². The highest BCUT2D eigenvalue weighted by Crippen LogP contribution is 2.29. The Morgan fingerprint density at radius 1 is 1.42 bits per heavy atom. The number of fused-ring (bicyclic) bond motifs is 1. The number of H-pyrrole nitrogens is 1. The monoisotopic (exact) mass is 364 g/mol. The molecule has 3 rings (SSSR count). The minimum atomic E-state index is -0.489. The van der Waals surface area contributed by atoms with E-state index < -0.39 is 5.97 Å². The molecule has 0 aliphatic rings. The average Bonchev–Trinajstić information content (AvgIpc) is 2.90. The van der Waals surface area contributed by atoms with Gasteiger partial charge in [0.2, 0.25) is 0 Å². The number of ether oxygens (including phenoxy) is 1. The van der Waals surface area contributed by atoms with Gasteiger partial charge in [-0.3, -0.25) is 4.79 Å². The second kappa shape index (κ2) is 6.74. The summed E-state index contributed by atoms with van der Waals surface area (Å²) >= 11 is 2.37. The lowest BCUT2D eigenvalue weighted by Gasteiger charge is -2.03. The van der Waals surface area contributed by atoms with Gasteiger partial charge in [0.25, 0.3) is 5.56 Å². The number of aromatic amines is 1. The number of hydrogen-bond acceptors (Lipinski definition) is 6. The number of esters is 1. The topological polar surface area (TPSA) is 72.0 Å². The number of rotatable bonds is 4. The number of hydrogen-bond donors (Lipinski definition) is 1. The van der Waals surface area contributed by atoms with Gasteiger partial charge in [0, 0.05) is 4.90 Å². The summed E-state index contributed by atoms with van der Waals surface area (Å²) in [6.45, 7) is 1.69. The second-order valence-corrected chi connectivity index (χ2v) is 6.98. The van der Waals surface area contributed by atoms with Crippen molar-refractivity contribution in [1.29, 1.82) is 0 Å². The van der Waals surface area contributed by atoms with Crippen LogP contribution in [0.4, 0.5) is 4.39 Å². The Hall–Kier alpha value is -2.19. The van der Waals surface area contributed by atoms with Crippen LogP contribution in [0.1, 0.15) is 21.1 Å². The van der Waals surface area contributed by atoms with Crippen LogP contribution in [-0.2, 0) is 10.5 Å². The maximum Gasteiger partial charge on any atom is 0.348 e. The molecule has 5 nitrogen and oxygen atoms in total. The molecule has 124 valence electrons. The molecule has 0 saturated heterocycles. The van der Waals surface area contributed by atoms with E-state index in [4.69, 9.17) is 4.74 Å². The van der Waals surface area contributed by atoms with Crippen molar-refractivity contribution in [2.75, 3.05) is 7.11 Å². The van der Waals surface area contributed by atoms with Crippen LogP contribution in [-0.4, -0.2) is 23.0 Å². The molecule has 24 heavy (non-hydrogen) atoms. The minimum absolute atomic E-state index is 0.312. The lowest BCUT2D eigenvalue weighted by atomic mass is 10.2. The second-order valence-electron chi connectivity index (χ2n) is 4.96. The summed E-state index contributed by atoms with van der Waals surface area (Å²) in [4.78, 5) is 32.5. The van der Waals surface area contributed by atoms with Gasteiger partial charge in [0.15, 0.2) is 0 Å². The van der Waals surface area contributed by atoms with Crippen molar-refractivity contribution in [2.24, 2.45) is 0 Å². The number of carbonyl (C=O) groups excluding carboxylic acids is 1. The summed E-state index contributed by atoms with van der Waals surface area (Å²) in [5.41, 5.74) is 0.247. The van der Waals surface area contributed by atoms with Gasteiger partial charge in [-0.2, -0.15) is 0 Å². The molecule has 0 atom stereocenters. The maximum atomic E-state index is 13.6. The number of thiophene rings is 1. The van der Waals surface area contributed by atoms with Crippen LogP contribution in [0.15, 0.2) is 34.0 Å². The molecule has 0 bridgehead atoms. The van der Waals surface area contributed by atoms with Crippen LogP contribution in [0.5, 0.6) is 0 Å². The van der Waals surface area contributed by atoms with E-state index in [0.29, 0.717) is 37.1 Å². The molecule has 0 aliphatic carbocycles. The normalized spacial score (nSPS) is 11.0. The molecule has 2 aromatic heterocycles. The van der Waals surface area contributed by atoms with E-state index in [1.165, 1.54) is 24.9 Å². The first-order valence-electron chi connectivity index (χ1n) is 6.99. The lowest BCUT2D eigenvalue weighted by molar-refractivity contribution is 0.0605. The number of halogens is 1. The molecule has 0 saturated carbocycles. The molecular formula is C16H13FN2O3S2. The zero-order valence-electron chi connectivity index (χ0n) is 12.9. The zero-order valence-corrected chi connectivity index (χ0v) is 14.5. The summed E-state index contributed by atoms with van der Waals surface area (Å²) in [6, 6.07) is 6.42. The average molecular weight is 364 g/mol. The molecule has 1 N–H and O–H groups in total. The fourth-order valence-electron chi connectivity index (χ4n) is 2.25. The van der Waals surface area contributed by atoms with Gasteiger partial charge in [0.1, 0.15) is 21.3 Å². The van der Waals surface area contributed by atoms with Crippen LogP contribution in [0.2, 0.25) is 0 Å². The molecule has 0 fully saturated rings. The molecule has 1 aromatic carbocycles. The highest BCUT2D eigenvalue weighted by molar-refractivity contribution is 7.98. The number of thioether (sulfide) groups is 1. The van der Waals surface area contributed by atoms with Crippen molar-refractivity contribution in [3.8, 4) is 0 Å². The van der Waals surface area contributed by atoms with Crippen molar-refractivity contribution in [1.82, 2.24) is 9.97 Å². The van der Waals surface area contributed by atoms with Crippen molar-refractivity contribution in [3.05, 3.63) is 56.7 Å². The Labute approximate surface area is 144 Å². The van der Waals surface area contributed by atoms with Crippen molar-refractivity contribution >= 4 is 39.3 Å². The number of nitrogens with zero attached hydrogens (tertiary/aromatic N) is 1. The minimum Gasteiger partial charge on any atom is -0.465 e. The fourth-order valence-corrected chi connectivity index (χ4v) is 4.18. The quantitative estimate of drug-likeness (QED) is 0.567. The van der Waals surface area contributed by atoms with Gasteiger partial charge >= 0.3 is 5.97 Å². The van der Waals surface area contributed by atoms with Gasteiger partial charge in [0.05, 0.1) is 18.2 Å². The Bertz CT molecular complexity index is 981. The number of aryl methyl sites for hydroxylation is 1. The first kappa shape index (κ1) is 16.7. The number of carbonyl (C=O) groups is 1. The van der Waals surface area contributed by atoms with E-state index in [2.05, 4.69) is 9.97 Å². The van der Waals surface area contributed by atoms with Crippen LogP contribution in [0.25, 0.3) is 10.2 Å². The van der Waals surface area contributed by atoms with Crippen LogP contribution in [0, 0.1) is 12.7 Å². The maximum absolute atomic E-state index is 13.6. The fraction of sp³-hybridized carbons (Fsp3) is 0.188. The molecule has 0 unspecified atom stereocenters. The Kier molecular flexibility index (Phi) is 4.68. The number of benzene rings is 1. The molecule has 3 aromatic rings. The molecule has 0 amide bonds. The van der Waals surface area contributed by atoms with E-state index in [1.807, 2.05) is 0 Å². The number of aromatic nitrogens is 2. The van der Waals surface area contributed by atoms with Gasteiger partial charge in [-0.1, -0.05) is 12.1 Å². The molecular weight excluding hydrogens is 351 g/mol. The van der Waals surface area contributed by atoms with E-state index >= 15 is 0 Å². The SMILES string of the molecule is COC(=O)c1sc2nc(CSc3ccccc3F)[nH]c(=O)c2c1C. The predicted octanol–water partition coefficient (Wildman–Crippen LogP) is 3.51. The lowest BCUT2D eigenvalue weighted by Crippen LogP contribution is -2.11. The highest BCUT2D eigenvalue weighted by Gasteiger charge is 2.19. The van der Waals surface area contributed by atoms with E-state index in [-0.39, 0.29) is 11.4 Å². The Morgan fingerprint density at radius 3 is 2.88 bits per heavy atom. The van der Waals surface area contributed by atoms with Gasteiger partial charge in [-0.25, -0.2) is 14.2 Å². The van der Waals surface area contributed by atoms with E-state index in [9.17, 15) is 14.0 Å². The first-order chi connectivity index (χ1) is 11.5. The molecule has 0 radical (unpaired) electrons. The Morgan fingerprint density at radius 2 is 2.17 bits per heavy atom. The number of methoxy groups -OCH3 is 1. The van der Waals surface area contributed by atoms with Crippen molar-refractivity contribution < 1.29 is 13.9 Å². The molecule has 0 spiro atoms. The van der Waals surface area contributed by atoms with Crippen molar-refractivity contribution in [3.63, 3.8) is 0 Å². The highest BCUT2D eigenvalue weighted by atomic mass is 32.2. The molecule has 0 aliphatic heterocycles. The van der Waals surface area contributed by atoms with E-state index in [1.54, 1.807) is 25.1 Å². The molecule has 2 heterocycles. The van der Waals surface area contributed by atoms with E-state index in [0.717, 1.165) is 11.3 Å². The van der Waals surface area contributed by atoms with Gasteiger partial charge < -0.3 is 9.72 Å². The largest absolute Gasteiger partial charge is 0.465 e. The third kappa shape index (κ3) is 3.07. The van der Waals surface area contributed by atoms with Crippen LogP contribution in [0.3, 0.4) is 0 Å². The van der Waals surface area contributed by atoms with Crippen LogP contribution >= 0.6 is 23.1 Å². The number of nitrogens with one attached hydrogen (secondary N) is 1. The van der Waals surface area contributed by atoms with Crippen molar-refractivity contribution in [2.45, 2.75) is 17.6 Å². The summed E-state index contributed by atoms with van der Waals surface area (Å²) < 4.78 is 18.4. The standard InChI is InChI=1S/C16H13FN2O3S2/c1-8-12-14(20)18-11(7-23-10-6-4-3-5-9(10)17)19-15(12)24-13(8)16(21)22-2/h3-6H,7H2,1-2H3,(H,18,19,20). The summed E-state index contributed by atoms with van der Waals surface area (Å²) in [7, 11) is 1.29. The summed E-state index contributed by atoms with van der Waals surface area (Å²) in [5.74, 6) is -0.0575. The Balaban J connectivity index is 1.95. The smallest absolute Gasteiger partial charge is 0.348 e. The molecule has 8 heteroatoms. The summed E-state index contributed by atoms with van der Waals surface area (Å²) in [5, 5.41) is 0.389.